The molecule has 31 heavy (non-hydrogen) atoms. The maximum Gasteiger partial charge on any atom is 0.248 e. The molecule has 0 aliphatic carbocycles. The van der Waals surface area contributed by atoms with Gasteiger partial charge in [0.15, 0.2) is 0 Å². The van der Waals surface area contributed by atoms with E-state index < -0.39 is 0 Å². The Labute approximate surface area is 183 Å². The summed E-state index contributed by atoms with van der Waals surface area (Å²) in [4.78, 5) is 38.3. The molecule has 0 unspecified atom stereocenters. The Morgan fingerprint density at radius 1 is 1.13 bits per heavy atom. The van der Waals surface area contributed by atoms with Gasteiger partial charge < -0.3 is 9.64 Å². The van der Waals surface area contributed by atoms with Crippen LogP contribution in [0.5, 0.6) is 0 Å². The van der Waals surface area contributed by atoms with Crippen molar-refractivity contribution in [1.82, 2.24) is 14.9 Å². The highest BCUT2D eigenvalue weighted by Crippen LogP contribution is 2.32. The van der Waals surface area contributed by atoms with Gasteiger partial charge in [0.05, 0.1) is 0 Å². The highest BCUT2D eigenvalue weighted by molar-refractivity contribution is 5.95. The molecule has 3 heterocycles. The molecule has 1 aromatic carbocycles. The van der Waals surface area contributed by atoms with Crippen LogP contribution in [0.15, 0.2) is 30.3 Å². The van der Waals surface area contributed by atoms with E-state index in [4.69, 9.17) is 14.7 Å². The van der Waals surface area contributed by atoms with Crippen LogP contribution in [0.4, 0.5) is 5.82 Å². The third-order valence-electron chi connectivity index (χ3n) is 6.30. The fraction of sp³-hybridized carbons (Fsp3) is 0.500. The Bertz CT molecular complexity index is 939. The lowest BCUT2D eigenvalue weighted by Crippen LogP contribution is -2.41. The zero-order valence-electron chi connectivity index (χ0n) is 18.3. The molecule has 0 N–H and O–H groups in total. The van der Waals surface area contributed by atoms with E-state index in [-0.39, 0.29) is 24.3 Å². The van der Waals surface area contributed by atoms with Crippen LogP contribution in [0.2, 0.25) is 0 Å². The first-order chi connectivity index (χ1) is 15.1. The van der Waals surface area contributed by atoms with Crippen molar-refractivity contribution in [3.8, 4) is 0 Å². The van der Waals surface area contributed by atoms with Gasteiger partial charge >= 0.3 is 0 Å². The molecule has 164 valence electrons. The number of anilines is 1. The summed E-state index contributed by atoms with van der Waals surface area (Å²) in [6, 6.07) is 10.2. The fourth-order valence-corrected chi connectivity index (χ4v) is 4.50. The smallest absolute Gasteiger partial charge is 0.248 e. The van der Waals surface area contributed by atoms with Crippen molar-refractivity contribution in [1.29, 1.82) is 0 Å². The molecule has 0 bridgehead atoms. The van der Waals surface area contributed by atoms with Crippen molar-refractivity contribution in [2.24, 2.45) is 0 Å². The lowest BCUT2D eigenvalue weighted by Gasteiger charge is -2.33. The summed E-state index contributed by atoms with van der Waals surface area (Å²) in [7, 11) is 1.54. The van der Waals surface area contributed by atoms with Gasteiger partial charge in [0.25, 0.3) is 0 Å². The van der Waals surface area contributed by atoms with Crippen LogP contribution in [-0.4, -0.2) is 60.0 Å². The first-order valence-electron chi connectivity index (χ1n) is 11.0. The monoisotopic (exact) mass is 422 g/mol. The van der Waals surface area contributed by atoms with Gasteiger partial charge in [0, 0.05) is 50.3 Å². The number of fused-ring (bicyclic) bond motifs is 1. The first kappa shape index (κ1) is 21.4. The lowest BCUT2D eigenvalue weighted by molar-refractivity contribution is -0.136. The molecule has 7 heteroatoms. The Morgan fingerprint density at radius 3 is 2.58 bits per heavy atom. The van der Waals surface area contributed by atoms with Crippen LogP contribution in [0, 0.1) is 6.92 Å². The number of nitrogens with zero attached hydrogens (tertiary/aromatic N) is 4. The van der Waals surface area contributed by atoms with Gasteiger partial charge in [-0.3, -0.25) is 14.5 Å². The average Bonchev–Trinajstić information content (AvgIpc) is 2.79. The molecule has 0 saturated carbocycles. The molecule has 1 saturated heterocycles. The molecule has 4 rings (SSSR count). The summed E-state index contributed by atoms with van der Waals surface area (Å²) in [6.07, 6.45) is 3.65. The quantitative estimate of drug-likeness (QED) is 0.715. The maximum atomic E-state index is 12.8. The summed E-state index contributed by atoms with van der Waals surface area (Å²) in [6.45, 7) is 4.13. The van der Waals surface area contributed by atoms with Crippen molar-refractivity contribution < 1.29 is 14.3 Å². The number of rotatable bonds is 6. The number of carbonyl (C=O) groups excluding carboxylic acids is 2. The van der Waals surface area contributed by atoms with Gasteiger partial charge in [-0.15, -0.1) is 0 Å². The predicted octanol–water partition coefficient (Wildman–Crippen LogP) is 2.66. The molecule has 2 aromatic rings. The zero-order valence-corrected chi connectivity index (χ0v) is 18.3. The summed E-state index contributed by atoms with van der Waals surface area (Å²) in [5, 5.41) is 0. The van der Waals surface area contributed by atoms with E-state index in [1.807, 2.05) is 34.9 Å². The number of aryl methyl sites for hydroxylation is 1. The van der Waals surface area contributed by atoms with Crippen molar-refractivity contribution in [3.05, 3.63) is 53.0 Å². The van der Waals surface area contributed by atoms with Gasteiger partial charge in [0.2, 0.25) is 11.8 Å². The second-order valence-corrected chi connectivity index (χ2v) is 8.34. The van der Waals surface area contributed by atoms with Gasteiger partial charge in [-0.05, 0) is 38.2 Å². The van der Waals surface area contributed by atoms with Crippen LogP contribution in [0.3, 0.4) is 0 Å². The maximum absolute atomic E-state index is 12.8. The topological polar surface area (TPSA) is 75.6 Å². The number of aromatic nitrogens is 2. The number of carbonyl (C=O) groups is 2. The van der Waals surface area contributed by atoms with E-state index in [0.717, 1.165) is 42.2 Å². The average molecular weight is 423 g/mol. The van der Waals surface area contributed by atoms with E-state index in [1.54, 1.807) is 7.11 Å². The van der Waals surface area contributed by atoms with E-state index in [9.17, 15) is 9.59 Å². The van der Waals surface area contributed by atoms with Gasteiger partial charge in [-0.1, -0.05) is 30.3 Å². The SMILES string of the molecule is COCC(=O)N1CCC(c2nc(C)c3c(n2)N(CCc2ccccc2)C(=O)CC3)CC1. The zero-order chi connectivity index (χ0) is 21.8. The number of hydrogen-bond donors (Lipinski definition) is 0. The van der Waals surface area contributed by atoms with Crippen LogP contribution < -0.4 is 4.90 Å². The molecule has 0 atom stereocenters. The largest absolute Gasteiger partial charge is 0.375 e. The molecular weight excluding hydrogens is 392 g/mol. The number of hydrogen-bond acceptors (Lipinski definition) is 5. The van der Waals surface area contributed by atoms with Crippen LogP contribution in [-0.2, 0) is 27.2 Å². The Kier molecular flexibility index (Phi) is 6.61. The van der Waals surface area contributed by atoms with Crippen LogP contribution in [0.1, 0.15) is 47.8 Å². The molecule has 2 aliphatic rings. The molecule has 2 amide bonds. The molecule has 7 nitrogen and oxygen atoms in total. The van der Waals surface area contributed by atoms with Gasteiger partial charge in [-0.25, -0.2) is 9.97 Å². The molecule has 1 aromatic heterocycles. The number of ether oxygens (including phenoxy) is 1. The number of amides is 2. The van der Waals surface area contributed by atoms with E-state index in [2.05, 4.69) is 12.1 Å². The van der Waals surface area contributed by atoms with Crippen LogP contribution in [0.25, 0.3) is 0 Å². The fourth-order valence-electron chi connectivity index (χ4n) is 4.50. The second kappa shape index (κ2) is 9.56. The normalized spacial score (nSPS) is 17.0. The molecule has 0 spiro atoms. The predicted molar refractivity (Wildman–Crippen MR) is 118 cm³/mol. The number of piperidine rings is 1. The lowest BCUT2D eigenvalue weighted by atomic mass is 9.94. The van der Waals surface area contributed by atoms with Crippen molar-refractivity contribution in [3.63, 3.8) is 0 Å². The minimum absolute atomic E-state index is 0.0289. The van der Waals surface area contributed by atoms with E-state index >= 15 is 0 Å². The summed E-state index contributed by atoms with van der Waals surface area (Å²) in [5.74, 6) is 1.94. The van der Waals surface area contributed by atoms with Crippen molar-refractivity contribution >= 4 is 17.6 Å². The summed E-state index contributed by atoms with van der Waals surface area (Å²) in [5.41, 5.74) is 3.26. The van der Waals surface area contributed by atoms with E-state index in [1.165, 1.54) is 5.56 Å². The highest BCUT2D eigenvalue weighted by atomic mass is 16.5. The minimum Gasteiger partial charge on any atom is -0.375 e. The third-order valence-corrected chi connectivity index (χ3v) is 6.30. The van der Waals surface area contributed by atoms with Gasteiger partial charge in [0.1, 0.15) is 18.2 Å². The second-order valence-electron chi connectivity index (χ2n) is 8.34. The Hall–Kier alpha value is -2.80. The number of methoxy groups -OCH3 is 1. The molecule has 2 aliphatic heterocycles. The molecule has 0 radical (unpaired) electrons. The highest BCUT2D eigenvalue weighted by Gasteiger charge is 2.31. The Morgan fingerprint density at radius 2 is 1.87 bits per heavy atom. The number of benzene rings is 1. The first-order valence-corrected chi connectivity index (χ1v) is 11.0. The standard InChI is InChI=1S/C24H30N4O3/c1-17-20-8-9-21(29)28(15-10-18-6-4-3-5-7-18)24(20)26-23(25-17)19-11-13-27(14-12-19)22(30)16-31-2/h3-7,19H,8-16H2,1-2H3. The Balaban J connectivity index is 1.52. The van der Waals surface area contributed by atoms with Crippen molar-refractivity contribution in [2.75, 3.05) is 38.3 Å². The number of likely N-dealkylation sites (tertiary alicyclic amines) is 1. The molecule has 1 fully saturated rings. The van der Waals surface area contributed by atoms with E-state index in [0.29, 0.717) is 32.5 Å². The van der Waals surface area contributed by atoms with Gasteiger partial charge in [-0.2, -0.15) is 0 Å². The minimum atomic E-state index is 0.0289. The van der Waals surface area contributed by atoms with Crippen LogP contribution >= 0.6 is 0 Å². The van der Waals surface area contributed by atoms with Crippen molar-refractivity contribution in [2.45, 2.75) is 44.9 Å². The third kappa shape index (κ3) is 4.77. The summed E-state index contributed by atoms with van der Waals surface area (Å²) >= 11 is 0. The molecular formula is C24H30N4O3. The summed E-state index contributed by atoms with van der Waals surface area (Å²) < 4.78 is 4.97.